The van der Waals surface area contributed by atoms with E-state index in [1.165, 1.54) is 18.4 Å². The molecular weight excluding hydrogens is 264 g/mol. The molecule has 2 fully saturated rings. The van der Waals surface area contributed by atoms with Gasteiger partial charge in [-0.15, -0.1) is 0 Å². The zero-order valence-electron chi connectivity index (χ0n) is 13.0. The third-order valence-electron chi connectivity index (χ3n) is 4.16. The molecule has 4 heteroatoms. The van der Waals surface area contributed by atoms with Gasteiger partial charge in [-0.25, -0.2) is 0 Å². The summed E-state index contributed by atoms with van der Waals surface area (Å²) in [6.45, 7) is 5.88. The van der Waals surface area contributed by atoms with Crippen molar-refractivity contribution in [1.29, 1.82) is 0 Å². The molecule has 0 amide bonds. The largest absolute Gasteiger partial charge is 0.490 e. The third-order valence-corrected chi connectivity index (χ3v) is 4.16. The molecule has 4 nitrogen and oxygen atoms in total. The van der Waals surface area contributed by atoms with E-state index in [0.717, 1.165) is 32.0 Å². The van der Waals surface area contributed by atoms with Crippen LogP contribution in [0.15, 0.2) is 24.3 Å². The molecule has 1 aromatic carbocycles. The Hall–Kier alpha value is -1.10. The second kappa shape index (κ2) is 6.77. The van der Waals surface area contributed by atoms with Crippen molar-refractivity contribution in [2.75, 3.05) is 33.3 Å². The molecule has 1 saturated carbocycles. The van der Waals surface area contributed by atoms with Crippen LogP contribution in [0.1, 0.15) is 31.4 Å². The smallest absolute Gasteiger partial charge is 0.119 e. The van der Waals surface area contributed by atoms with E-state index in [2.05, 4.69) is 48.5 Å². The first kappa shape index (κ1) is 14.8. The Morgan fingerprint density at radius 1 is 1.33 bits per heavy atom. The summed E-state index contributed by atoms with van der Waals surface area (Å²) in [7, 11) is 2.16. The highest BCUT2D eigenvalue weighted by Gasteiger charge is 2.28. The first-order valence-electron chi connectivity index (χ1n) is 8.06. The van der Waals surface area contributed by atoms with Crippen LogP contribution >= 0.6 is 0 Å². The van der Waals surface area contributed by atoms with Crippen LogP contribution in [0.5, 0.6) is 5.75 Å². The highest BCUT2D eigenvalue weighted by molar-refractivity contribution is 5.30. The van der Waals surface area contributed by atoms with Crippen LogP contribution in [0, 0.1) is 0 Å². The summed E-state index contributed by atoms with van der Waals surface area (Å²) in [6.07, 6.45) is 3.06. The Kier molecular flexibility index (Phi) is 4.78. The SMILES string of the molecule is CCNC(c1ccc(OC2CC2)cc1)C1CN(C)CCO1. The summed E-state index contributed by atoms with van der Waals surface area (Å²) in [5.41, 5.74) is 1.28. The van der Waals surface area contributed by atoms with E-state index in [1.54, 1.807) is 0 Å². The fourth-order valence-electron chi connectivity index (χ4n) is 2.83. The molecule has 1 aliphatic carbocycles. The molecule has 1 saturated heterocycles. The Bertz CT molecular complexity index is 445. The lowest BCUT2D eigenvalue weighted by Crippen LogP contribution is -2.46. The van der Waals surface area contributed by atoms with E-state index >= 15 is 0 Å². The average Bonchev–Trinajstić information content (AvgIpc) is 3.30. The summed E-state index contributed by atoms with van der Waals surface area (Å²) >= 11 is 0. The monoisotopic (exact) mass is 290 g/mol. The molecule has 1 aliphatic heterocycles. The number of rotatable bonds is 6. The molecule has 2 atom stereocenters. The lowest BCUT2D eigenvalue weighted by Gasteiger charge is -2.35. The van der Waals surface area contributed by atoms with Gasteiger partial charge in [-0.3, -0.25) is 0 Å². The molecular formula is C17H26N2O2. The average molecular weight is 290 g/mol. The van der Waals surface area contributed by atoms with Gasteiger partial charge >= 0.3 is 0 Å². The minimum Gasteiger partial charge on any atom is -0.490 e. The molecule has 2 unspecified atom stereocenters. The van der Waals surface area contributed by atoms with Crippen LogP contribution in [-0.2, 0) is 4.74 Å². The molecule has 0 spiro atoms. The lowest BCUT2D eigenvalue weighted by molar-refractivity contribution is -0.0390. The summed E-state index contributed by atoms with van der Waals surface area (Å²) < 4.78 is 11.8. The van der Waals surface area contributed by atoms with Crippen molar-refractivity contribution in [2.24, 2.45) is 0 Å². The number of morpholine rings is 1. The van der Waals surface area contributed by atoms with Crippen molar-refractivity contribution < 1.29 is 9.47 Å². The number of likely N-dealkylation sites (N-methyl/N-ethyl adjacent to an activating group) is 2. The molecule has 0 radical (unpaired) electrons. The van der Waals surface area contributed by atoms with E-state index < -0.39 is 0 Å². The Morgan fingerprint density at radius 2 is 2.10 bits per heavy atom. The van der Waals surface area contributed by atoms with E-state index in [9.17, 15) is 0 Å². The minimum atomic E-state index is 0.207. The molecule has 21 heavy (non-hydrogen) atoms. The van der Waals surface area contributed by atoms with Gasteiger partial charge in [0.25, 0.3) is 0 Å². The molecule has 3 rings (SSSR count). The van der Waals surface area contributed by atoms with Crippen molar-refractivity contribution >= 4 is 0 Å². The Labute approximate surface area is 127 Å². The highest BCUT2D eigenvalue weighted by Crippen LogP contribution is 2.29. The molecule has 2 aliphatic rings. The maximum Gasteiger partial charge on any atom is 0.119 e. The molecule has 0 aromatic heterocycles. The zero-order chi connectivity index (χ0) is 14.7. The van der Waals surface area contributed by atoms with Crippen molar-refractivity contribution in [1.82, 2.24) is 10.2 Å². The van der Waals surface area contributed by atoms with Crippen LogP contribution in [-0.4, -0.2) is 50.4 Å². The van der Waals surface area contributed by atoms with Gasteiger partial charge < -0.3 is 19.7 Å². The summed E-state index contributed by atoms with van der Waals surface area (Å²) in [4.78, 5) is 2.34. The summed E-state index contributed by atoms with van der Waals surface area (Å²) in [5.74, 6) is 0.984. The van der Waals surface area contributed by atoms with Crippen molar-refractivity contribution in [3.05, 3.63) is 29.8 Å². The second-order valence-electron chi connectivity index (χ2n) is 6.09. The zero-order valence-corrected chi connectivity index (χ0v) is 13.0. The standard InChI is InChI=1S/C17H26N2O2/c1-3-18-17(16-12-19(2)10-11-20-16)13-4-6-14(7-5-13)21-15-8-9-15/h4-7,15-18H,3,8-12H2,1-2H3. The van der Waals surface area contributed by atoms with Crippen LogP contribution in [0.4, 0.5) is 0 Å². The third kappa shape index (κ3) is 3.96. The molecule has 116 valence electrons. The van der Waals surface area contributed by atoms with Gasteiger partial charge in [0.2, 0.25) is 0 Å². The predicted molar refractivity (Wildman–Crippen MR) is 83.7 cm³/mol. The van der Waals surface area contributed by atoms with Crippen LogP contribution in [0.2, 0.25) is 0 Å². The fourth-order valence-corrected chi connectivity index (χ4v) is 2.83. The predicted octanol–water partition coefficient (Wildman–Crippen LogP) is 2.21. The molecule has 1 N–H and O–H groups in total. The fraction of sp³-hybridized carbons (Fsp3) is 0.647. The maximum atomic E-state index is 5.99. The van der Waals surface area contributed by atoms with Crippen LogP contribution < -0.4 is 10.1 Å². The van der Waals surface area contributed by atoms with Gasteiger partial charge in [0.1, 0.15) is 5.75 Å². The minimum absolute atomic E-state index is 0.207. The van der Waals surface area contributed by atoms with Crippen LogP contribution in [0.25, 0.3) is 0 Å². The number of hydrogen-bond acceptors (Lipinski definition) is 4. The van der Waals surface area contributed by atoms with Crippen molar-refractivity contribution in [3.63, 3.8) is 0 Å². The van der Waals surface area contributed by atoms with Gasteiger partial charge in [0.15, 0.2) is 0 Å². The lowest BCUT2D eigenvalue weighted by atomic mass is 10.00. The van der Waals surface area contributed by atoms with Gasteiger partial charge in [-0.2, -0.15) is 0 Å². The first-order chi connectivity index (χ1) is 10.3. The van der Waals surface area contributed by atoms with E-state index in [-0.39, 0.29) is 12.1 Å². The number of ether oxygens (including phenoxy) is 2. The summed E-state index contributed by atoms with van der Waals surface area (Å²) in [6, 6.07) is 8.76. The highest BCUT2D eigenvalue weighted by atomic mass is 16.5. The van der Waals surface area contributed by atoms with Gasteiger partial charge in [-0.1, -0.05) is 19.1 Å². The number of hydrogen-bond donors (Lipinski definition) is 1. The van der Waals surface area contributed by atoms with Crippen molar-refractivity contribution in [2.45, 2.75) is 38.0 Å². The van der Waals surface area contributed by atoms with Gasteiger partial charge in [0.05, 0.1) is 24.9 Å². The maximum absolute atomic E-state index is 5.99. The number of benzene rings is 1. The van der Waals surface area contributed by atoms with E-state index in [0.29, 0.717) is 6.10 Å². The van der Waals surface area contributed by atoms with Crippen molar-refractivity contribution in [3.8, 4) is 5.75 Å². The Morgan fingerprint density at radius 3 is 2.71 bits per heavy atom. The first-order valence-corrected chi connectivity index (χ1v) is 8.06. The normalized spacial score (nSPS) is 24.8. The van der Waals surface area contributed by atoms with Gasteiger partial charge in [-0.05, 0) is 44.1 Å². The van der Waals surface area contributed by atoms with E-state index in [4.69, 9.17) is 9.47 Å². The molecule has 1 heterocycles. The van der Waals surface area contributed by atoms with E-state index in [1.807, 2.05) is 0 Å². The molecule has 0 bridgehead atoms. The number of nitrogens with one attached hydrogen (secondary N) is 1. The topological polar surface area (TPSA) is 33.7 Å². The van der Waals surface area contributed by atoms with Crippen LogP contribution in [0.3, 0.4) is 0 Å². The second-order valence-corrected chi connectivity index (χ2v) is 6.09. The summed E-state index contributed by atoms with van der Waals surface area (Å²) in [5, 5.41) is 3.57. The Balaban J connectivity index is 1.69. The molecule has 1 aromatic rings. The van der Waals surface area contributed by atoms with Gasteiger partial charge in [0, 0.05) is 13.1 Å². The quantitative estimate of drug-likeness (QED) is 0.871. The number of nitrogens with zero attached hydrogens (tertiary/aromatic N) is 1.